The number of ether oxygens (including phenoxy) is 4. The molecule has 5 aromatic rings. The molecule has 1 fully saturated rings. The molecule has 1 saturated heterocycles. The van der Waals surface area contributed by atoms with Crippen LogP contribution in [0.1, 0.15) is 28.6 Å². The Morgan fingerprint density at radius 1 is 0.822 bits per heavy atom. The molecule has 0 aliphatic carbocycles. The quantitative estimate of drug-likeness (QED) is 0.193. The van der Waals surface area contributed by atoms with Gasteiger partial charge in [-0.15, -0.1) is 0 Å². The second-order valence-electron chi connectivity index (χ2n) is 10.7. The van der Waals surface area contributed by atoms with Crippen LogP contribution in [0.25, 0.3) is 11.2 Å². The van der Waals surface area contributed by atoms with E-state index in [1.807, 2.05) is 85.1 Å². The van der Waals surface area contributed by atoms with Gasteiger partial charge in [0.2, 0.25) is 0 Å². The average molecular weight is 629 g/mol. The fourth-order valence-corrected chi connectivity index (χ4v) is 6.24. The summed E-state index contributed by atoms with van der Waals surface area (Å²) in [7, 11) is 3.25. The first kappa shape index (κ1) is 31.0. The molecule has 11 heteroatoms. The number of aromatic nitrogens is 4. The highest BCUT2D eigenvalue weighted by molar-refractivity contribution is 7.98. The highest BCUT2D eigenvalue weighted by atomic mass is 32.2. The number of rotatable bonds is 12. The average Bonchev–Trinajstić information content (AvgIpc) is 3.65. The Labute approximate surface area is 266 Å². The monoisotopic (exact) mass is 628 g/mol. The molecule has 0 saturated carbocycles. The third-order valence-corrected chi connectivity index (χ3v) is 8.84. The summed E-state index contributed by atoms with van der Waals surface area (Å²) >= 11 is 1.72. The van der Waals surface area contributed by atoms with E-state index in [2.05, 4.69) is 15.0 Å². The van der Waals surface area contributed by atoms with Crippen LogP contribution < -0.4 is 9.47 Å². The van der Waals surface area contributed by atoms with Crippen LogP contribution in [0, 0.1) is 0 Å². The number of benzene rings is 3. The second kappa shape index (κ2) is 13.6. The minimum absolute atomic E-state index is 0.0394. The molecule has 1 aliphatic heterocycles. The van der Waals surface area contributed by atoms with Gasteiger partial charge in [0.15, 0.2) is 11.9 Å². The summed E-state index contributed by atoms with van der Waals surface area (Å²) in [5.41, 5.74) is 3.48. The zero-order valence-corrected chi connectivity index (χ0v) is 26.1. The molecule has 0 amide bonds. The third-order valence-electron chi connectivity index (χ3n) is 8.23. The molecular formula is C34H36N4O6S. The molecule has 10 nitrogen and oxygen atoms in total. The summed E-state index contributed by atoms with van der Waals surface area (Å²) in [5.74, 6) is 2.32. The Hall–Kier alpha value is -4.00. The number of aliphatic hydroxyl groups is 2. The van der Waals surface area contributed by atoms with Crippen molar-refractivity contribution in [1.29, 1.82) is 0 Å². The van der Waals surface area contributed by atoms with E-state index in [0.29, 0.717) is 22.7 Å². The number of thioether (sulfide) groups is 1. The van der Waals surface area contributed by atoms with E-state index in [1.54, 1.807) is 36.9 Å². The summed E-state index contributed by atoms with van der Waals surface area (Å²) in [6.07, 6.45) is 1.59. The Morgan fingerprint density at radius 2 is 1.44 bits per heavy atom. The van der Waals surface area contributed by atoms with Crippen molar-refractivity contribution in [3.05, 3.63) is 114 Å². The summed E-state index contributed by atoms with van der Waals surface area (Å²) in [5, 5.41) is 22.5. The van der Waals surface area contributed by atoms with Gasteiger partial charge in [0.25, 0.3) is 0 Å². The van der Waals surface area contributed by atoms with Crippen molar-refractivity contribution in [3.63, 3.8) is 0 Å². The topological polar surface area (TPSA) is 121 Å². The van der Waals surface area contributed by atoms with Gasteiger partial charge in [-0.3, -0.25) is 4.57 Å². The van der Waals surface area contributed by atoms with E-state index in [4.69, 9.17) is 18.9 Å². The lowest BCUT2D eigenvalue weighted by molar-refractivity contribution is -0.0942. The second-order valence-corrected chi connectivity index (χ2v) is 11.7. The number of aryl methyl sites for hydroxylation is 1. The molecular weight excluding hydrogens is 592 g/mol. The molecule has 0 radical (unpaired) electrons. The molecule has 3 aromatic carbocycles. The lowest BCUT2D eigenvalue weighted by Crippen LogP contribution is -2.39. The van der Waals surface area contributed by atoms with Crippen LogP contribution in [0.4, 0.5) is 0 Å². The van der Waals surface area contributed by atoms with Gasteiger partial charge in [-0.2, -0.15) is 11.8 Å². The Kier molecular flexibility index (Phi) is 9.34. The zero-order valence-electron chi connectivity index (χ0n) is 25.3. The van der Waals surface area contributed by atoms with Crippen molar-refractivity contribution < 1.29 is 29.2 Å². The minimum Gasteiger partial charge on any atom is -0.497 e. The lowest BCUT2D eigenvalue weighted by Gasteiger charge is -2.37. The summed E-state index contributed by atoms with van der Waals surface area (Å²) in [4.78, 5) is 13.4. The van der Waals surface area contributed by atoms with Crippen molar-refractivity contribution >= 4 is 22.9 Å². The van der Waals surface area contributed by atoms with Crippen LogP contribution >= 0.6 is 11.8 Å². The molecule has 0 bridgehead atoms. The predicted octanol–water partition coefficient (Wildman–Crippen LogP) is 4.38. The van der Waals surface area contributed by atoms with Gasteiger partial charge in [0.05, 0.1) is 32.8 Å². The lowest BCUT2D eigenvalue weighted by atomic mass is 9.80. The summed E-state index contributed by atoms with van der Waals surface area (Å²) in [6, 6.07) is 25.3. The summed E-state index contributed by atoms with van der Waals surface area (Å²) in [6.45, 7) is -0.0394. The SMILES string of the molecule is COc1ccc(C(OC[C@H]2O[C@@H](n3cnc4c(CCSC)ncnc43)[C@H](O)[C@@H]2O)(c2ccccc2)c2ccc(OC)cc2)cc1. The smallest absolute Gasteiger partial charge is 0.165 e. The molecule has 234 valence electrons. The van der Waals surface area contributed by atoms with E-state index in [0.717, 1.165) is 34.6 Å². The number of hydrogen-bond donors (Lipinski definition) is 2. The first-order valence-corrected chi connectivity index (χ1v) is 16.0. The van der Waals surface area contributed by atoms with Gasteiger partial charge in [0.1, 0.15) is 47.3 Å². The number of aliphatic hydroxyl groups excluding tert-OH is 2. The maximum absolute atomic E-state index is 11.3. The van der Waals surface area contributed by atoms with Crippen LogP contribution in [0.5, 0.6) is 11.5 Å². The van der Waals surface area contributed by atoms with Gasteiger partial charge in [-0.05, 0) is 53.0 Å². The van der Waals surface area contributed by atoms with E-state index in [9.17, 15) is 10.2 Å². The number of methoxy groups -OCH3 is 2. The first-order valence-electron chi connectivity index (χ1n) is 14.7. The van der Waals surface area contributed by atoms with Gasteiger partial charge in [-0.1, -0.05) is 54.6 Å². The van der Waals surface area contributed by atoms with Crippen molar-refractivity contribution in [2.75, 3.05) is 32.8 Å². The Morgan fingerprint density at radius 3 is 2.04 bits per heavy atom. The Balaban J connectivity index is 1.36. The van der Waals surface area contributed by atoms with Crippen molar-refractivity contribution in [2.24, 2.45) is 0 Å². The predicted molar refractivity (Wildman–Crippen MR) is 172 cm³/mol. The van der Waals surface area contributed by atoms with E-state index in [1.165, 1.54) is 6.33 Å². The van der Waals surface area contributed by atoms with Gasteiger partial charge in [0, 0.05) is 6.42 Å². The van der Waals surface area contributed by atoms with Crippen molar-refractivity contribution in [2.45, 2.75) is 36.6 Å². The van der Waals surface area contributed by atoms with E-state index in [-0.39, 0.29) is 6.61 Å². The van der Waals surface area contributed by atoms with E-state index < -0.39 is 30.1 Å². The molecule has 2 aromatic heterocycles. The summed E-state index contributed by atoms with van der Waals surface area (Å²) < 4.78 is 25.8. The van der Waals surface area contributed by atoms with Gasteiger partial charge < -0.3 is 29.2 Å². The normalized spacial score (nSPS) is 20.0. The van der Waals surface area contributed by atoms with Crippen LogP contribution in [0.3, 0.4) is 0 Å². The highest BCUT2D eigenvalue weighted by Crippen LogP contribution is 2.43. The third kappa shape index (κ3) is 5.89. The van der Waals surface area contributed by atoms with Crippen LogP contribution in [0.15, 0.2) is 91.5 Å². The molecule has 3 heterocycles. The maximum Gasteiger partial charge on any atom is 0.165 e. The Bertz CT molecular complexity index is 1650. The van der Waals surface area contributed by atoms with E-state index >= 15 is 0 Å². The van der Waals surface area contributed by atoms with Crippen LogP contribution in [0.2, 0.25) is 0 Å². The van der Waals surface area contributed by atoms with Gasteiger partial charge >= 0.3 is 0 Å². The van der Waals surface area contributed by atoms with Crippen LogP contribution in [-0.4, -0.2) is 80.9 Å². The standard InChI is InChI=1S/C34H36N4O6S/c1-41-25-13-9-23(10-14-25)34(22-7-5-4-6-8-22,24-11-15-26(42-2)16-12-24)43-19-28-30(39)31(40)33(44-28)38-21-37-29-27(17-18-45-3)35-20-36-32(29)38/h4-16,20-21,28,30-31,33,39-40H,17-19H2,1-3H3/t28-,30-,31-,33-/m1/s1. The molecule has 45 heavy (non-hydrogen) atoms. The minimum atomic E-state index is -1.24. The number of hydrogen-bond acceptors (Lipinski definition) is 10. The van der Waals surface area contributed by atoms with Crippen molar-refractivity contribution in [3.8, 4) is 11.5 Å². The molecule has 4 atom stereocenters. The highest BCUT2D eigenvalue weighted by Gasteiger charge is 2.47. The van der Waals surface area contributed by atoms with Gasteiger partial charge in [-0.25, -0.2) is 15.0 Å². The number of nitrogens with zero attached hydrogens (tertiary/aromatic N) is 4. The largest absolute Gasteiger partial charge is 0.497 e. The molecule has 2 N–H and O–H groups in total. The number of imidazole rings is 1. The zero-order chi connectivity index (χ0) is 31.4. The first-order chi connectivity index (χ1) is 22.0. The fourth-order valence-electron chi connectivity index (χ4n) is 5.85. The molecule has 0 unspecified atom stereocenters. The molecule has 0 spiro atoms. The maximum atomic E-state index is 11.3. The molecule has 1 aliphatic rings. The fraction of sp³-hybridized carbons (Fsp3) is 0.324. The van der Waals surface area contributed by atoms with Crippen molar-refractivity contribution in [1.82, 2.24) is 19.5 Å². The van der Waals surface area contributed by atoms with Crippen LogP contribution in [-0.2, 0) is 21.5 Å². The number of fused-ring (bicyclic) bond motifs is 1. The molecule has 6 rings (SSSR count).